The molecule has 1 saturated carbocycles. The molecule has 1 aliphatic carbocycles. The Hall–Kier alpha value is -2.62. The molecular formula is C20H24F3N5O2. The summed E-state index contributed by atoms with van der Waals surface area (Å²) < 4.78 is 48.0. The molecule has 30 heavy (non-hydrogen) atoms. The van der Waals surface area contributed by atoms with Crippen LogP contribution in [-0.4, -0.2) is 46.6 Å². The minimum absolute atomic E-state index is 0.106. The zero-order valence-electron chi connectivity index (χ0n) is 16.8. The average Bonchev–Trinajstić information content (AvgIpc) is 3.54. The van der Waals surface area contributed by atoms with Crippen molar-refractivity contribution in [2.24, 2.45) is 0 Å². The molecule has 0 spiro atoms. The fraction of sp³-hybridized carbons (Fsp3) is 0.550. The van der Waals surface area contributed by atoms with Crippen LogP contribution in [0.3, 0.4) is 0 Å². The van der Waals surface area contributed by atoms with E-state index in [1.165, 1.54) is 12.3 Å². The van der Waals surface area contributed by atoms with Crippen LogP contribution in [0.4, 0.5) is 24.8 Å². The second-order valence-electron chi connectivity index (χ2n) is 7.76. The summed E-state index contributed by atoms with van der Waals surface area (Å²) >= 11 is 0. The molecule has 0 bridgehead atoms. The number of morpholine rings is 1. The first-order valence-corrected chi connectivity index (χ1v) is 10.0. The highest BCUT2D eigenvalue weighted by Crippen LogP contribution is 2.40. The summed E-state index contributed by atoms with van der Waals surface area (Å²) in [5.41, 5.74) is 6.45. The van der Waals surface area contributed by atoms with Crippen molar-refractivity contribution in [2.75, 3.05) is 23.8 Å². The van der Waals surface area contributed by atoms with E-state index in [2.05, 4.69) is 33.5 Å². The summed E-state index contributed by atoms with van der Waals surface area (Å²) in [5, 5.41) is 0. The zero-order valence-corrected chi connectivity index (χ0v) is 16.8. The van der Waals surface area contributed by atoms with Crippen molar-refractivity contribution < 1.29 is 22.6 Å². The van der Waals surface area contributed by atoms with Crippen molar-refractivity contribution in [3.05, 3.63) is 24.2 Å². The molecule has 1 aliphatic heterocycles. The van der Waals surface area contributed by atoms with Gasteiger partial charge in [0, 0.05) is 30.3 Å². The van der Waals surface area contributed by atoms with Gasteiger partial charge in [0.1, 0.15) is 11.6 Å². The third kappa shape index (κ3) is 4.58. The molecule has 7 nitrogen and oxygen atoms in total. The van der Waals surface area contributed by atoms with Gasteiger partial charge >= 0.3 is 6.36 Å². The summed E-state index contributed by atoms with van der Waals surface area (Å²) in [7, 11) is 0. The van der Waals surface area contributed by atoms with Crippen LogP contribution >= 0.6 is 0 Å². The van der Waals surface area contributed by atoms with Crippen LogP contribution in [0.25, 0.3) is 11.3 Å². The summed E-state index contributed by atoms with van der Waals surface area (Å²) in [6.07, 6.45) is -0.462. The second-order valence-corrected chi connectivity index (χ2v) is 7.76. The Labute approximate surface area is 172 Å². The SMILES string of the molecule is CC[C@H]1CN(c2cc(-c3cnc(N)c(OC(F)(F)F)c3)nc(C3CC3)n2)[C@@H](C)CO1. The van der Waals surface area contributed by atoms with Gasteiger partial charge in [0.15, 0.2) is 11.6 Å². The maximum atomic E-state index is 12.7. The lowest BCUT2D eigenvalue weighted by atomic mass is 10.1. The summed E-state index contributed by atoms with van der Waals surface area (Å²) in [5.74, 6) is 0.838. The number of hydrogen-bond donors (Lipinski definition) is 1. The van der Waals surface area contributed by atoms with Crippen LogP contribution in [0.2, 0.25) is 0 Å². The maximum absolute atomic E-state index is 12.7. The topological polar surface area (TPSA) is 86.4 Å². The Bertz CT molecular complexity index is 920. The third-order valence-electron chi connectivity index (χ3n) is 5.33. The van der Waals surface area contributed by atoms with E-state index in [1.54, 1.807) is 6.07 Å². The molecule has 0 radical (unpaired) electrons. The number of nitrogens with two attached hydrogens (primary N) is 1. The van der Waals surface area contributed by atoms with Crippen molar-refractivity contribution in [3.63, 3.8) is 0 Å². The normalized spacial score (nSPS) is 22.2. The molecule has 2 N–H and O–H groups in total. The van der Waals surface area contributed by atoms with E-state index >= 15 is 0 Å². The molecule has 2 aromatic heterocycles. The Balaban J connectivity index is 1.73. The lowest BCUT2D eigenvalue weighted by Crippen LogP contribution is -2.48. The molecule has 2 aromatic rings. The Kier molecular flexibility index (Phi) is 5.44. The molecule has 0 amide bonds. The summed E-state index contributed by atoms with van der Waals surface area (Å²) in [4.78, 5) is 15.4. The monoisotopic (exact) mass is 423 g/mol. The van der Waals surface area contributed by atoms with E-state index in [9.17, 15) is 13.2 Å². The van der Waals surface area contributed by atoms with E-state index in [-0.39, 0.29) is 23.9 Å². The predicted octanol–water partition coefficient (Wildman–Crippen LogP) is 3.90. The molecule has 4 rings (SSSR count). The highest BCUT2D eigenvalue weighted by Gasteiger charge is 2.33. The van der Waals surface area contributed by atoms with Crippen LogP contribution in [0.15, 0.2) is 18.3 Å². The lowest BCUT2D eigenvalue weighted by molar-refractivity contribution is -0.274. The van der Waals surface area contributed by atoms with E-state index in [0.717, 1.165) is 25.1 Å². The predicted molar refractivity (Wildman–Crippen MR) is 105 cm³/mol. The number of nitrogen functional groups attached to an aromatic ring is 1. The number of hydrogen-bond acceptors (Lipinski definition) is 7. The van der Waals surface area contributed by atoms with E-state index < -0.39 is 12.1 Å². The van der Waals surface area contributed by atoms with Crippen molar-refractivity contribution in [3.8, 4) is 17.0 Å². The van der Waals surface area contributed by atoms with Gasteiger partial charge in [-0.15, -0.1) is 13.2 Å². The number of pyridine rings is 1. The fourth-order valence-electron chi connectivity index (χ4n) is 3.46. The number of alkyl halides is 3. The molecule has 2 fully saturated rings. The molecule has 2 atom stereocenters. The van der Waals surface area contributed by atoms with Crippen LogP contribution in [0.5, 0.6) is 5.75 Å². The minimum Gasteiger partial charge on any atom is -0.402 e. The van der Waals surface area contributed by atoms with E-state index in [4.69, 9.17) is 15.5 Å². The number of halogens is 3. The van der Waals surface area contributed by atoms with Gasteiger partial charge in [0.25, 0.3) is 0 Å². The molecule has 10 heteroatoms. The maximum Gasteiger partial charge on any atom is 0.573 e. The van der Waals surface area contributed by atoms with Crippen LogP contribution in [0.1, 0.15) is 44.9 Å². The van der Waals surface area contributed by atoms with Gasteiger partial charge in [-0.05, 0) is 32.3 Å². The number of rotatable bonds is 5. The number of aromatic nitrogens is 3. The summed E-state index contributed by atoms with van der Waals surface area (Å²) in [6.45, 7) is 5.41. The quantitative estimate of drug-likeness (QED) is 0.780. The van der Waals surface area contributed by atoms with Crippen LogP contribution in [0, 0.1) is 0 Å². The number of anilines is 2. The van der Waals surface area contributed by atoms with Gasteiger partial charge in [-0.2, -0.15) is 0 Å². The molecule has 1 saturated heterocycles. The highest BCUT2D eigenvalue weighted by atomic mass is 19.4. The smallest absolute Gasteiger partial charge is 0.402 e. The number of ether oxygens (including phenoxy) is 2. The first kappa shape index (κ1) is 20.6. The van der Waals surface area contributed by atoms with Gasteiger partial charge < -0.3 is 20.1 Å². The van der Waals surface area contributed by atoms with Crippen molar-refractivity contribution in [1.82, 2.24) is 15.0 Å². The van der Waals surface area contributed by atoms with E-state index in [0.29, 0.717) is 30.2 Å². The number of nitrogens with zero attached hydrogens (tertiary/aromatic N) is 4. The average molecular weight is 423 g/mol. The van der Waals surface area contributed by atoms with Gasteiger partial charge in [0.05, 0.1) is 24.4 Å². The minimum atomic E-state index is -4.86. The second kappa shape index (κ2) is 7.90. The molecule has 0 aromatic carbocycles. The lowest BCUT2D eigenvalue weighted by Gasteiger charge is -2.38. The fourth-order valence-corrected chi connectivity index (χ4v) is 3.46. The highest BCUT2D eigenvalue weighted by molar-refractivity contribution is 5.67. The van der Waals surface area contributed by atoms with E-state index in [1.807, 2.05) is 0 Å². The van der Waals surface area contributed by atoms with Gasteiger partial charge in [-0.25, -0.2) is 15.0 Å². The Morgan fingerprint density at radius 3 is 2.70 bits per heavy atom. The largest absolute Gasteiger partial charge is 0.573 e. The first-order valence-electron chi connectivity index (χ1n) is 10.0. The standard InChI is InChI=1S/C20H24F3N5O2/c1-3-14-9-28(11(2)10-29-14)17-7-15(26-19(27-17)12-4-5-12)13-6-16(18(24)25-8-13)30-20(21,22)23/h6-8,11-12,14H,3-5,9-10H2,1-2H3,(H2,24,25)/t11-,14-/m0/s1. The Morgan fingerprint density at radius 2 is 2.03 bits per heavy atom. The molecule has 3 heterocycles. The first-order chi connectivity index (χ1) is 14.2. The molecule has 162 valence electrons. The van der Waals surface area contributed by atoms with Crippen LogP contribution in [-0.2, 0) is 4.74 Å². The zero-order chi connectivity index (χ0) is 21.5. The van der Waals surface area contributed by atoms with Gasteiger partial charge in [0.2, 0.25) is 0 Å². The van der Waals surface area contributed by atoms with Gasteiger partial charge in [-0.3, -0.25) is 0 Å². The van der Waals surface area contributed by atoms with Crippen molar-refractivity contribution in [2.45, 2.75) is 57.5 Å². The molecule has 0 unspecified atom stereocenters. The van der Waals surface area contributed by atoms with Crippen molar-refractivity contribution in [1.29, 1.82) is 0 Å². The third-order valence-corrected chi connectivity index (χ3v) is 5.33. The summed E-state index contributed by atoms with van der Waals surface area (Å²) in [6, 6.07) is 3.12. The van der Waals surface area contributed by atoms with Crippen molar-refractivity contribution >= 4 is 11.6 Å². The Morgan fingerprint density at radius 1 is 1.27 bits per heavy atom. The van der Waals surface area contributed by atoms with Gasteiger partial charge in [-0.1, -0.05) is 6.92 Å². The molecular weight excluding hydrogens is 399 g/mol. The molecule has 2 aliphatic rings. The van der Waals surface area contributed by atoms with Crippen LogP contribution < -0.4 is 15.4 Å².